The van der Waals surface area contributed by atoms with E-state index in [4.69, 9.17) is 14.2 Å². The van der Waals surface area contributed by atoms with Gasteiger partial charge in [0.05, 0.1) is 20.3 Å². The molecule has 2 amide bonds. The average molecular weight is 509 g/mol. The molecule has 7 nitrogen and oxygen atoms in total. The maximum absolute atomic E-state index is 13.6. The second-order valence-corrected chi connectivity index (χ2v) is 9.57. The van der Waals surface area contributed by atoms with E-state index in [2.05, 4.69) is 11.4 Å². The third-order valence-corrected chi connectivity index (χ3v) is 7.30. The number of hydrogen-bond donors (Lipinski definition) is 0. The normalized spacial score (nSPS) is 14.6. The van der Waals surface area contributed by atoms with Gasteiger partial charge in [0.15, 0.2) is 11.5 Å². The van der Waals surface area contributed by atoms with Gasteiger partial charge in [-0.1, -0.05) is 25.1 Å². The van der Waals surface area contributed by atoms with Gasteiger partial charge in [0.1, 0.15) is 18.9 Å². The third kappa shape index (κ3) is 5.65. The summed E-state index contributed by atoms with van der Waals surface area (Å²) in [5.74, 6) is 1.62. The second kappa shape index (κ2) is 11.9. The van der Waals surface area contributed by atoms with Crippen LogP contribution in [0.5, 0.6) is 17.2 Å². The van der Waals surface area contributed by atoms with Crippen LogP contribution in [0.2, 0.25) is 0 Å². The molecule has 1 aliphatic heterocycles. The molecule has 0 radical (unpaired) electrons. The number of hydrogen-bond acceptors (Lipinski definition) is 6. The Morgan fingerprint density at radius 3 is 2.61 bits per heavy atom. The van der Waals surface area contributed by atoms with Crippen molar-refractivity contribution in [3.05, 3.63) is 76.0 Å². The zero-order valence-corrected chi connectivity index (χ0v) is 21.8. The number of amides is 2. The molecule has 8 heteroatoms. The Morgan fingerprint density at radius 1 is 1.06 bits per heavy atom. The van der Waals surface area contributed by atoms with Crippen LogP contribution in [0.3, 0.4) is 0 Å². The Morgan fingerprint density at radius 2 is 1.86 bits per heavy atom. The Kier molecular flexibility index (Phi) is 8.48. The minimum absolute atomic E-state index is 0.00844. The molecule has 4 rings (SSSR count). The van der Waals surface area contributed by atoms with Gasteiger partial charge in [-0.25, -0.2) is 0 Å². The molecule has 1 aromatic heterocycles. The van der Waals surface area contributed by atoms with Gasteiger partial charge in [-0.2, -0.15) is 0 Å². The molecule has 1 atom stereocenters. The van der Waals surface area contributed by atoms with Gasteiger partial charge < -0.3 is 24.0 Å². The second-order valence-electron chi connectivity index (χ2n) is 8.57. The number of para-hydroxylation sites is 2. The molecule has 2 heterocycles. The zero-order valence-electron chi connectivity index (χ0n) is 20.9. The van der Waals surface area contributed by atoms with Crippen LogP contribution in [0, 0.1) is 0 Å². The highest BCUT2D eigenvalue weighted by Gasteiger charge is 2.33. The molecular formula is C28H32N2O5S. The molecule has 0 spiro atoms. The fraction of sp³-hybridized carbons (Fsp3) is 0.357. The van der Waals surface area contributed by atoms with E-state index in [0.717, 1.165) is 18.4 Å². The molecule has 190 valence electrons. The predicted octanol–water partition coefficient (Wildman–Crippen LogP) is 4.82. The summed E-state index contributed by atoms with van der Waals surface area (Å²) < 4.78 is 16.9. The van der Waals surface area contributed by atoms with E-state index in [1.54, 1.807) is 54.7 Å². The smallest absolute Gasteiger partial charge is 0.254 e. The van der Waals surface area contributed by atoms with E-state index in [0.29, 0.717) is 42.5 Å². The molecule has 1 aliphatic rings. The number of nitrogens with zero attached hydrogens (tertiary/aromatic N) is 2. The molecule has 2 aromatic carbocycles. The van der Waals surface area contributed by atoms with Gasteiger partial charge in [0.2, 0.25) is 5.91 Å². The van der Waals surface area contributed by atoms with Crippen LogP contribution in [-0.4, -0.2) is 62.1 Å². The Labute approximate surface area is 216 Å². The largest absolute Gasteiger partial charge is 0.497 e. The van der Waals surface area contributed by atoms with Crippen molar-refractivity contribution in [1.82, 2.24) is 9.80 Å². The SMILES string of the molecule is CCCN(CC(=O)N1CCc2sccc2[C@@H]1COc1ccccc1OC)C(=O)c1cccc(OC)c1. The molecule has 0 saturated carbocycles. The lowest BCUT2D eigenvalue weighted by Crippen LogP contribution is -2.48. The molecule has 0 unspecified atom stereocenters. The predicted molar refractivity (Wildman–Crippen MR) is 140 cm³/mol. The van der Waals surface area contributed by atoms with Gasteiger partial charge in [-0.3, -0.25) is 9.59 Å². The fourth-order valence-corrected chi connectivity index (χ4v) is 5.42. The van der Waals surface area contributed by atoms with Crippen LogP contribution in [0.15, 0.2) is 60.0 Å². The Balaban J connectivity index is 1.53. The quantitative estimate of drug-likeness (QED) is 0.393. The number of rotatable bonds is 10. The van der Waals surface area contributed by atoms with E-state index in [1.165, 1.54) is 4.88 Å². The molecular weight excluding hydrogens is 476 g/mol. The van der Waals surface area contributed by atoms with Crippen molar-refractivity contribution < 1.29 is 23.8 Å². The van der Waals surface area contributed by atoms with Crippen LogP contribution in [0.4, 0.5) is 0 Å². The van der Waals surface area contributed by atoms with E-state index in [9.17, 15) is 9.59 Å². The first-order valence-electron chi connectivity index (χ1n) is 12.1. The minimum atomic E-state index is -0.243. The number of carbonyl (C=O) groups is 2. The van der Waals surface area contributed by atoms with E-state index >= 15 is 0 Å². The van der Waals surface area contributed by atoms with Crippen molar-refractivity contribution in [2.75, 3.05) is 40.5 Å². The van der Waals surface area contributed by atoms with Crippen molar-refractivity contribution in [1.29, 1.82) is 0 Å². The first-order valence-corrected chi connectivity index (χ1v) is 13.0. The van der Waals surface area contributed by atoms with Crippen LogP contribution in [-0.2, 0) is 11.2 Å². The van der Waals surface area contributed by atoms with Gasteiger partial charge in [0, 0.05) is 23.5 Å². The topological polar surface area (TPSA) is 68.3 Å². The van der Waals surface area contributed by atoms with Crippen LogP contribution < -0.4 is 14.2 Å². The van der Waals surface area contributed by atoms with Crippen molar-refractivity contribution in [2.45, 2.75) is 25.8 Å². The van der Waals surface area contributed by atoms with Crippen molar-refractivity contribution >= 4 is 23.2 Å². The Bertz CT molecular complexity index is 1190. The molecule has 0 bridgehead atoms. The van der Waals surface area contributed by atoms with Crippen molar-refractivity contribution in [2.24, 2.45) is 0 Å². The maximum atomic E-state index is 13.6. The van der Waals surface area contributed by atoms with Crippen molar-refractivity contribution in [3.8, 4) is 17.2 Å². The summed E-state index contributed by atoms with van der Waals surface area (Å²) in [6.07, 6.45) is 1.54. The maximum Gasteiger partial charge on any atom is 0.254 e. The lowest BCUT2D eigenvalue weighted by atomic mass is 10.0. The number of thiophene rings is 1. The zero-order chi connectivity index (χ0) is 25.5. The van der Waals surface area contributed by atoms with Gasteiger partial charge in [-0.05, 0) is 60.2 Å². The standard InChI is InChI=1S/C28H32N2O5S/c1-4-14-29(28(32)20-8-7-9-21(17-20)33-2)18-27(31)30-15-12-26-22(13-16-36-26)23(30)19-35-25-11-6-5-10-24(25)34-3/h5-11,13,16-17,23H,4,12,14-15,18-19H2,1-3H3/t23-/m0/s1. The summed E-state index contributed by atoms with van der Waals surface area (Å²) in [5.41, 5.74) is 1.61. The van der Waals surface area contributed by atoms with Crippen molar-refractivity contribution in [3.63, 3.8) is 0 Å². The lowest BCUT2D eigenvalue weighted by Gasteiger charge is -2.37. The van der Waals surface area contributed by atoms with E-state index in [-0.39, 0.29) is 24.4 Å². The van der Waals surface area contributed by atoms with Crippen LogP contribution >= 0.6 is 11.3 Å². The van der Waals surface area contributed by atoms with Gasteiger partial charge in [0.25, 0.3) is 5.91 Å². The molecule has 0 N–H and O–H groups in total. The summed E-state index contributed by atoms with van der Waals surface area (Å²) in [6, 6.07) is 16.4. The first-order chi connectivity index (χ1) is 17.5. The first kappa shape index (κ1) is 25.6. The third-order valence-electron chi connectivity index (χ3n) is 6.30. The van der Waals surface area contributed by atoms with Crippen LogP contribution in [0.25, 0.3) is 0 Å². The Hall–Kier alpha value is -3.52. The van der Waals surface area contributed by atoms with Gasteiger partial charge >= 0.3 is 0 Å². The summed E-state index contributed by atoms with van der Waals surface area (Å²) in [7, 11) is 3.18. The molecule has 0 fully saturated rings. The summed E-state index contributed by atoms with van der Waals surface area (Å²) in [6.45, 7) is 3.38. The minimum Gasteiger partial charge on any atom is -0.497 e. The monoisotopic (exact) mass is 508 g/mol. The molecule has 36 heavy (non-hydrogen) atoms. The van der Waals surface area contributed by atoms with Gasteiger partial charge in [-0.15, -0.1) is 11.3 Å². The van der Waals surface area contributed by atoms with E-state index < -0.39 is 0 Å². The summed E-state index contributed by atoms with van der Waals surface area (Å²) >= 11 is 1.71. The molecule has 0 saturated heterocycles. The highest BCUT2D eigenvalue weighted by molar-refractivity contribution is 7.10. The lowest BCUT2D eigenvalue weighted by molar-refractivity contribution is -0.135. The molecule has 0 aliphatic carbocycles. The number of carbonyl (C=O) groups excluding carboxylic acids is 2. The average Bonchev–Trinajstić information content (AvgIpc) is 3.40. The number of benzene rings is 2. The highest BCUT2D eigenvalue weighted by Crippen LogP contribution is 2.35. The summed E-state index contributed by atoms with van der Waals surface area (Å²) in [4.78, 5) is 31.7. The summed E-state index contributed by atoms with van der Waals surface area (Å²) in [5, 5.41) is 2.06. The molecule has 3 aromatic rings. The van der Waals surface area contributed by atoms with Crippen LogP contribution in [0.1, 0.15) is 40.2 Å². The highest BCUT2D eigenvalue weighted by atomic mass is 32.1. The number of ether oxygens (including phenoxy) is 3. The number of methoxy groups -OCH3 is 2. The number of fused-ring (bicyclic) bond motifs is 1. The fourth-order valence-electron chi connectivity index (χ4n) is 4.50. The van der Waals surface area contributed by atoms with E-state index in [1.807, 2.05) is 36.1 Å².